The van der Waals surface area contributed by atoms with Gasteiger partial charge in [0.2, 0.25) is 5.91 Å². The Morgan fingerprint density at radius 3 is 2.93 bits per heavy atom. The minimum absolute atomic E-state index is 0.0864. The quantitative estimate of drug-likeness (QED) is 0.509. The Hall–Kier alpha value is -2.12. The van der Waals surface area contributed by atoms with E-state index in [2.05, 4.69) is 15.3 Å². The van der Waals surface area contributed by atoms with Crippen LogP contribution in [0.1, 0.15) is 34.4 Å². The number of nitrogens with one attached hydrogen (secondary N) is 2. The first-order valence-electron chi connectivity index (χ1n) is 9.06. The summed E-state index contributed by atoms with van der Waals surface area (Å²) in [7, 11) is 0. The molecule has 7 heteroatoms. The molecular formula is C20H21N3O2S2. The van der Waals surface area contributed by atoms with Gasteiger partial charge in [0.25, 0.3) is 5.56 Å². The van der Waals surface area contributed by atoms with Crippen molar-refractivity contribution in [3.63, 3.8) is 0 Å². The Labute approximate surface area is 165 Å². The van der Waals surface area contributed by atoms with Gasteiger partial charge in [0.1, 0.15) is 4.83 Å². The van der Waals surface area contributed by atoms with Gasteiger partial charge >= 0.3 is 0 Å². The van der Waals surface area contributed by atoms with Crippen LogP contribution in [0.3, 0.4) is 0 Å². The van der Waals surface area contributed by atoms with Crippen LogP contribution in [0, 0.1) is 13.8 Å². The number of thioether (sulfide) groups is 1. The van der Waals surface area contributed by atoms with Gasteiger partial charge in [0, 0.05) is 10.6 Å². The van der Waals surface area contributed by atoms with Crippen molar-refractivity contribution in [2.24, 2.45) is 0 Å². The zero-order chi connectivity index (χ0) is 19.0. The third-order valence-corrected chi connectivity index (χ3v) is 6.86. The first-order chi connectivity index (χ1) is 13.0. The molecule has 0 fully saturated rings. The lowest BCUT2D eigenvalue weighted by Gasteiger charge is -2.09. The van der Waals surface area contributed by atoms with E-state index in [4.69, 9.17) is 0 Å². The van der Waals surface area contributed by atoms with E-state index >= 15 is 0 Å². The molecule has 3 aromatic rings. The van der Waals surface area contributed by atoms with Crippen LogP contribution in [-0.2, 0) is 17.6 Å². The van der Waals surface area contributed by atoms with Gasteiger partial charge in [-0.3, -0.25) is 9.59 Å². The second kappa shape index (κ2) is 7.48. The van der Waals surface area contributed by atoms with Crippen LogP contribution in [0.2, 0.25) is 0 Å². The van der Waals surface area contributed by atoms with E-state index in [9.17, 15) is 9.59 Å². The zero-order valence-electron chi connectivity index (χ0n) is 15.3. The number of benzene rings is 1. The van der Waals surface area contributed by atoms with Crippen molar-refractivity contribution < 1.29 is 4.79 Å². The van der Waals surface area contributed by atoms with Gasteiger partial charge < -0.3 is 10.3 Å². The maximum absolute atomic E-state index is 12.5. The number of anilines is 1. The van der Waals surface area contributed by atoms with E-state index in [1.807, 2.05) is 32.0 Å². The van der Waals surface area contributed by atoms with Crippen molar-refractivity contribution in [2.45, 2.75) is 44.7 Å². The van der Waals surface area contributed by atoms with Crippen LogP contribution in [-0.4, -0.2) is 21.6 Å². The highest BCUT2D eigenvalue weighted by atomic mass is 32.2. The van der Waals surface area contributed by atoms with E-state index in [1.165, 1.54) is 28.6 Å². The van der Waals surface area contributed by atoms with Crippen molar-refractivity contribution in [3.05, 3.63) is 50.1 Å². The molecule has 2 N–H and O–H groups in total. The average molecular weight is 400 g/mol. The van der Waals surface area contributed by atoms with Crippen molar-refractivity contribution >= 4 is 44.9 Å². The summed E-state index contributed by atoms with van der Waals surface area (Å²) in [6, 6.07) is 5.92. The lowest BCUT2D eigenvalue weighted by molar-refractivity contribution is -0.113. The van der Waals surface area contributed by atoms with Crippen molar-refractivity contribution in [1.29, 1.82) is 0 Å². The number of aryl methyl sites for hydroxylation is 4. The van der Waals surface area contributed by atoms with Crippen LogP contribution in [0.25, 0.3) is 10.2 Å². The predicted molar refractivity (Wildman–Crippen MR) is 112 cm³/mol. The molecule has 0 bridgehead atoms. The summed E-state index contributed by atoms with van der Waals surface area (Å²) in [5.41, 5.74) is 4.10. The summed E-state index contributed by atoms with van der Waals surface area (Å²) in [6.07, 6.45) is 4.31. The van der Waals surface area contributed by atoms with Gasteiger partial charge in [-0.2, -0.15) is 0 Å². The summed E-state index contributed by atoms with van der Waals surface area (Å²) in [5, 5.41) is 4.17. The minimum atomic E-state index is -0.111. The van der Waals surface area contributed by atoms with Gasteiger partial charge in [-0.1, -0.05) is 29.5 Å². The highest BCUT2D eigenvalue weighted by Crippen LogP contribution is 2.34. The highest BCUT2D eigenvalue weighted by Gasteiger charge is 2.20. The third kappa shape index (κ3) is 3.80. The molecule has 0 unspecified atom stereocenters. The molecule has 2 aromatic heterocycles. The molecule has 1 aromatic carbocycles. The van der Waals surface area contributed by atoms with Crippen LogP contribution in [0.5, 0.6) is 0 Å². The number of nitrogens with zero attached hydrogens (tertiary/aromatic N) is 1. The second-order valence-corrected chi connectivity index (χ2v) is 8.97. The first kappa shape index (κ1) is 18.3. The summed E-state index contributed by atoms with van der Waals surface area (Å²) < 4.78 is 0. The van der Waals surface area contributed by atoms with Crippen LogP contribution in [0.4, 0.5) is 5.69 Å². The van der Waals surface area contributed by atoms with Gasteiger partial charge in [-0.05, 0) is 56.7 Å². The second-order valence-electron chi connectivity index (χ2n) is 6.92. The summed E-state index contributed by atoms with van der Waals surface area (Å²) in [6.45, 7) is 4.00. The average Bonchev–Trinajstić information content (AvgIpc) is 3.01. The molecule has 0 saturated carbocycles. The SMILES string of the molecule is Cc1ccc(NC(=O)CSc2nc3sc4c(c3c(=O)[nH]2)CCCC4)c(C)c1. The molecule has 0 spiro atoms. The molecule has 2 heterocycles. The Kier molecular flexibility index (Phi) is 5.06. The Balaban J connectivity index is 1.48. The summed E-state index contributed by atoms with van der Waals surface area (Å²) in [4.78, 5) is 34.4. The fraction of sp³-hybridized carbons (Fsp3) is 0.350. The van der Waals surface area contributed by atoms with Gasteiger partial charge in [0.15, 0.2) is 5.16 Å². The first-order valence-corrected chi connectivity index (χ1v) is 10.9. The lowest BCUT2D eigenvalue weighted by Crippen LogP contribution is -2.16. The fourth-order valence-electron chi connectivity index (χ4n) is 3.49. The standard InChI is InChI=1S/C20H21N3O2S2/c1-11-7-8-14(12(2)9-11)21-16(24)10-26-20-22-18(25)17-13-5-3-4-6-15(13)27-19(17)23-20/h7-9H,3-6,10H2,1-2H3,(H,21,24)(H,22,23,25). The monoisotopic (exact) mass is 399 g/mol. The number of thiophene rings is 1. The largest absolute Gasteiger partial charge is 0.325 e. The number of fused-ring (bicyclic) bond motifs is 3. The van der Waals surface area contributed by atoms with E-state index in [1.54, 1.807) is 11.3 Å². The normalized spacial score (nSPS) is 13.6. The molecule has 0 saturated heterocycles. The molecule has 0 atom stereocenters. The van der Waals surface area contributed by atoms with Crippen molar-refractivity contribution in [2.75, 3.05) is 11.1 Å². The Morgan fingerprint density at radius 1 is 1.30 bits per heavy atom. The van der Waals surface area contributed by atoms with E-state index in [-0.39, 0.29) is 17.2 Å². The topological polar surface area (TPSA) is 74.8 Å². The molecule has 1 amide bonds. The van der Waals surface area contributed by atoms with Crippen LogP contribution >= 0.6 is 23.1 Å². The van der Waals surface area contributed by atoms with Crippen LogP contribution < -0.4 is 10.9 Å². The van der Waals surface area contributed by atoms with Crippen LogP contribution in [0.15, 0.2) is 28.2 Å². The number of rotatable bonds is 4. The molecule has 5 nitrogen and oxygen atoms in total. The Bertz CT molecular complexity index is 1080. The van der Waals surface area contributed by atoms with Crippen molar-refractivity contribution in [3.8, 4) is 0 Å². The number of amides is 1. The predicted octanol–water partition coefficient (Wildman–Crippen LogP) is 4.21. The lowest BCUT2D eigenvalue weighted by atomic mass is 9.97. The number of carbonyl (C=O) groups is 1. The smallest absolute Gasteiger partial charge is 0.260 e. The zero-order valence-corrected chi connectivity index (χ0v) is 17.0. The third-order valence-electron chi connectivity index (χ3n) is 4.80. The summed E-state index contributed by atoms with van der Waals surface area (Å²) in [5.74, 6) is 0.0903. The molecule has 27 heavy (non-hydrogen) atoms. The number of H-pyrrole nitrogens is 1. The maximum atomic E-state index is 12.5. The molecule has 0 aliphatic heterocycles. The molecular weight excluding hydrogens is 378 g/mol. The van der Waals surface area contributed by atoms with Gasteiger partial charge in [0.05, 0.1) is 11.1 Å². The van der Waals surface area contributed by atoms with Crippen molar-refractivity contribution in [1.82, 2.24) is 9.97 Å². The van der Waals surface area contributed by atoms with Gasteiger partial charge in [-0.15, -0.1) is 11.3 Å². The number of aromatic amines is 1. The highest BCUT2D eigenvalue weighted by molar-refractivity contribution is 7.99. The van der Waals surface area contributed by atoms with E-state index < -0.39 is 0 Å². The van der Waals surface area contributed by atoms with E-state index in [0.29, 0.717) is 5.16 Å². The minimum Gasteiger partial charge on any atom is -0.325 e. The molecule has 1 aliphatic rings. The summed E-state index contributed by atoms with van der Waals surface area (Å²) >= 11 is 2.88. The Morgan fingerprint density at radius 2 is 2.11 bits per heavy atom. The molecule has 140 valence electrons. The molecule has 4 rings (SSSR count). The van der Waals surface area contributed by atoms with Gasteiger partial charge in [-0.25, -0.2) is 4.98 Å². The fourth-order valence-corrected chi connectivity index (χ4v) is 5.47. The number of aromatic nitrogens is 2. The maximum Gasteiger partial charge on any atom is 0.260 e. The number of carbonyl (C=O) groups excluding carboxylic acids is 1. The number of hydrogen-bond donors (Lipinski definition) is 2. The molecule has 0 radical (unpaired) electrons. The number of hydrogen-bond acceptors (Lipinski definition) is 5. The van der Waals surface area contributed by atoms with E-state index in [0.717, 1.165) is 46.3 Å². The molecule has 1 aliphatic carbocycles.